The topological polar surface area (TPSA) is 58.1 Å². The van der Waals surface area contributed by atoms with Crippen molar-refractivity contribution in [3.8, 4) is 0 Å². The molecule has 1 aromatic carbocycles. The average Bonchev–Trinajstić information content (AvgIpc) is 2.48. The van der Waals surface area contributed by atoms with E-state index in [1.165, 1.54) is 16.8 Å². The van der Waals surface area contributed by atoms with Gasteiger partial charge in [-0.2, -0.15) is 0 Å². The second kappa shape index (κ2) is 7.11. The van der Waals surface area contributed by atoms with E-state index in [4.69, 9.17) is 11.6 Å². The summed E-state index contributed by atoms with van der Waals surface area (Å²) in [6, 6.07) is 6.86. The first kappa shape index (κ1) is 16.1. The Morgan fingerprint density at radius 3 is 2.81 bits per heavy atom. The molecule has 21 heavy (non-hydrogen) atoms. The summed E-state index contributed by atoms with van der Waals surface area (Å²) in [7, 11) is 1.70. The van der Waals surface area contributed by atoms with Crippen LogP contribution in [0.15, 0.2) is 40.1 Å². The summed E-state index contributed by atoms with van der Waals surface area (Å²) < 4.78 is 0.683. The normalized spacial score (nSPS) is 10.3. The van der Waals surface area contributed by atoms with Gasteiger partial charge < -0.3 is 0 Å². The first-order chi connectivity index (χ1) is 10.0. The van der Waals surface area contributed by atoms with E-state index in [0.29, 0.717) is 26.0 Å². The molecule has 0 aliphatic heterocycles. The lowest BCUT2D eigenvalue weighted by Crippen LogP contribution is -2.40. The minimum atomic E-state index is -0.306. The van der Waals surface area contributed by atoms with Crippen LogP contribution < -0.4 is 10.4 Å². The highest BCUT2D eigenvalue weighted by molar-refractivity contribution is 9.10. The number of amides is 1. The summed E-state index contributed by atoms with van der Waals surface area (Å²) in [5.74, 6) is 0.258. The van der Waals surface area contributed by atoms with Gasteiger partial charge in [-0.1, -0.05) is 35.5 Å². The van der Waals surface area contributed by atoms with Crippen molar-refractivity contribution in [3.63, 3.8) is 0 Å². The van der Waals surface area contributed by atoms with Crippen molar-refractivity contribution in [3.05, 3.63) is 45.5 Å². The molecule has 0 spiro atoms. The van der Waals surface area contributed by atoms with Gasteiger partial charge in [0.2, 0.25) is 0 Å². The number of anilines is 1. The van der Waals surface area contributed by atoms with Crippen LogP contribution in [0.1, 0.15) is 10.4 Å². The van der Waals surface area contributed by atoms with Crippen molar-refractivity contribution in [2.45, 2.75) is 5.16 Å². The lowest BCUT2D eigenvalue weighted by Gasteiger charge is -2.20. The minimum absolute atomic E-state index is 0.306. The number of hydrazine groups is 1. The van der Waals surface area contributed by atoms with Gasteiger partial charge in [0.1, 0.15) is 0 Å². The van der Waals surface area contributed by atoms with Gasteiger partial charge in [-0.3, -0.25) is 15.2 Å². The quantitative estimate of drug-likeness (QED) is 0.495. The SMILES string of the molecule is CSc1ncc(Br)c(N(C)NC(=O)c2ccccc2Cl)n1. The molecule has 8 heteroatoms. The largest absolute Gasteiger partial charge is 0.271 e. The molecule has 0 saturated carbocycles. The Morgan fingerprint density at radius 1 is 1.43 bits per heavy atom. The van der Waals surface area contributed by atoms with Crippen molar-refractivity contribution in [1.82, 2.24) is 15.4 Å². The van der Waals surface area contributed by atoms with Crippen LogP contribution in [0.3, 0.4) is 0 Å². The molecule has 5 nitrogen and oxygen atoms in total. The molecule has 2 rings (SSSR count). The molecule has 0 bridgehead atoms. The Kier molecular flexibility index (Phi) is 5.44. The van der Waals surface area contributed by atoms with Crippen LogP contribution in [-0.4, -0.2) is 29.2 Å². The fourth-order valence-corrected chi connectivity index (χ4v) is 2.60. The van der Waals surface area contributed by atoms with Crippen molar-refractivity contribution >= 4 is 51.0 Å². The number of carbonyl (C=O) groups is 1. The molecular weight excluding hydrogens is 376 g/mol. The maximum Gasteiger partial charge on any atom is 0.271 e. The summed E-state index contributed by atoms with van der Waals surface area (Å²) >= 11 is 10.8. The smallest absolute Gasteiger partial charge is 0.270 e. The molecule has 0 atom stereocenters. The second-order valence-electron chi connectivity index (χ2n) is 4.01. The Labute approximate surface area is 140 Å². The Hall–Kier alpha value is -1.31. The third-order valence-electron chi connectivity index (χ3n) is 2.59. The molecule has 0 saturated heterocycles. The number of hydrogen-bond acceptors (Lipinski definition) is 5. The Bertz CT molecular complexity index is 670. The van der Waals surface area contributed by atoms with Gasteiger partial charge in [-0.15, -0.1) is 0 Å². The van der Waals surface area contributed by atoms with E-state index >= 15 is 0 Å². The van der Waals surface area contributed by atoms with Crippen molar-refractivity contribution in [1.29, 1.82) is 0 Å². The minimum Gasteiger partial charge on any atom is -0.270 e. The monoisotopic (exact) mass is 386 g/mol. The van der Waals surface area contributed by atoms with Gasteiger partial charge in [0, 0.05) is 13.2 Å². The van der Waals surface area contributed by atoms with Gasteiger partial charge in [0.05, 0.1) is 15.1 Å². The molecule has 1 heterocycles. The van der Waals surface area contributed by atoms with Crippen LogP contribution in [0.4, 0.5) is 5.82 Å². The summed E-state index contributed by atoms with van der Waals surface area (Å²) in [4.78, 5) is 20.7. The van der Waals surface area contributed by atoms with Gasteiger partial charge in [0.25, 0.3) is 5.91 Å². The summed E-state index contributed by atoms with van der Waals surface area (Å²) in [6.45, 7) is 0. The number of rotatable bonds is 4. The fourth-order valence-electron chi connectivity index (χ4n) is 1.59. The van der Waals surface area contributed by atoms with Crippen LogP contribution in [0.25, 0.3) is 0 Å². The summed E-state index contributed by atoms with van der Waals surface area (Å²) in [5, 5.41) is 2.54. The highest BCUT2D eigenvalue weighted by Crippen LogP contribution is 2.24. The molecule has 0 aliphatic carbocycles. The Balaban J connectivity index is 2.20. The number of carbonyl (C=O) groups excluding carboxylic acids is 1. The zero-order chi connectivity index (χ0) is 15.4. The second-order valence-corrected chi connectivity index (χ2v) is 6.04. The van der Waals surface area contributed by atoms with Crippen LogP contribution in [0.2, 0.25) is 5.02 Å². The molecule has 0 fully saturated rings. The lowest BCUT2D eigenvalue weighted by atomic mass is 10.2. The molecule has 1 aromatic heterocycles. The number of hydrogen-bond donors (Lipinski definition) is 1. The van der Waals surface area contributed by atoms with Crippen LogP contribution in [-0.2, 0) is 0 Å². The average molecular weight is 388 g/mol. The van der Waals surface area contributed by atoms with E-state index in [2.05, 4.69) is 31.3 Å². The van der Waals surface area contributed by atoms with Gasteiger partial charge in [-0.25, -0.2) is 9.97 Å². The number of halogens is 2. The third-order valence-corrected chi connectivity index (χ3v) is 4.04. The fraction of sp³-hybridized carbons (Fsp3) is 0.154. The summed E-state index contributed by atoms with van der Waals surface area (Å²) in [5.41, 5.74) is 3.13. The van der Waals surface area contributed by atoms with E-state index in [-0.39, 0.29) is 5.91 Å². The van der Waals surface area contributed by atoms with E-state index < -0.39 is 0 Å². The number of benzene rings is 1. The van der Waals surface area contributed by atoms with Gasteiger partial charge >= 0.3 is 0 Å². The van der Waals surface area contributed by atoms with Crippen LogP contribution in [0, 0.1) is 0 Å². The number of nitrogens with one attached hydrogen (secondary N) is 1. The molecule has 1 amide bonds. The van der Waals surface area contributed by atoms with E-state index in [0.717, 1.165) is 0 Å². The molecule has 0 aliphatic rings. The third kappa shape index (κ3) is 3.87. The maximum atomic E-state index is 12.2. The predicted octanol–water partition coefficient (Wildman–Crippen LogP) is 3.40. The molecule has 1 N–H and O–H groups in total. The van der Waals surface area contributed by atoms with Crippen LogP contribution >= 0.6 is 39.3 Å². The van der Waals surface area contributed by atoms with Gasteiger partial charge in [-0.05, 0) is 34.3 Å². The van der Waals surface area contributed by atoms with Gasteiger partial charge in [0.15, 0.2) is 11.0 Å². The number of thioether (sulfide) groups is 1. The molecule has 0 unspecified atom stereocenters. The highest BCUT2D eigenvalue weighted by atomic mass is 79.9. The van der Waals surface area contributed by atoms with E-state index in [1.807, 2.05) is 6.26 Å². The van der Waals surface area contributed by atoms with Crippen molar-refractivity contribution < 1.29 is 4.79 Å². The Morgan fingerprint density at radius 2 is 2.14 bits per heavy atom. The summed E-state index contributed by atoms with van der Waals surface area (Å²) in [6.07, 6.45) is 3.53. The van der Waals surface area contributed by atoms with Crippen molar-refractivity contribution in [2.24, 2.45) is 0 Å². The molecule has 0 radical (unpaired) electrons. The van der Waals surface area contributed by atoms with E-state index in [9.17, 15) is 4.79 Å². The van der Waals surface area contributed by atoms with Crippen LogP contribution in [0.5, 0.6) is 0 Å². The molecular formula is C13H12BrClN4OS. The van der Waals surface area contributed by atoms with E-state index in [1.54, 1.807) is 37.5 Å². The molecule has 2 aromatic rings. The highest BCUT2D eigenvalue weighted by Gasteiger charge is 2.15. The van der Waals surface area contributed by atoms with Crippen molar-refractivity contribution in [2.75, 3.05) is 18.3 Å². The maximum absolute atomic E-state index is 12.2. The predicted molar refractivity (Wildman–Crippen MR) is 88.8 cm³/mol. The zero-order valence-corrected chi connectivity index (χ0v) is 14.5. The number of nitrogens with zero attached hydrogens (tertiary/aromatic N) is 3. The lowest BCUT2D eigenvalue weighted by molar-refractivity contribution is 0.0951. The molecule has 110 valence electrons. The zero-order valence-electron chi connectivity index (χ0n) is 11.3. The first-order valence-electron chi connectivity index (χ1n) is 5.88. The standard InChI is InChI=1S/C13H12BrClN4OS/c1-19(11-9(14)7-16-13(17-11)21-2)18-12(20)8-5-3-4-6-10(8)15/h3-7H,1-2H3,(H,18,20). The first-order valence-corrected chi connectivity index (χ1v) is 8.28. The number of aromatic nitrogens is 2.